The lowest BCUT2D eigenvalue weighted by atomic mass is 10.4. The highest BCUT2D eigenvalue weighted by atomic mass is 32.2. The number of methoxy groups -OCH3 is 2. The summed E-state index contributed by atoms with van der Waals surface area (Å²) in [4.78, 5) is 31.5. The number of carbonyl (C=O) groups is 2. The molecular formula is C14H18N6O7S. The van der Waals surface area contributed by atoms with Crippen molar-refractivity contribution in [1.29, 1.82) is 0 Å². The van der Waals surface area contributed by atoms with Crippen molar-refractivity contribution in [2.45, 2.75) is 11.9 Å². The van der Waals surface area contributed by atoms with Crippen LogP contribution in [0, 0.1) is 0 Å². The quantitative estimate of drug-likeness (QED) is 0.585. The number of urea groups is 1. The van der Waals surface area contributed by atoms with Crippen molar-refractivity contribution < 1.29 is 32.2 Å². The van der Waals surface area contributed by atoms with E-state index < -0.39 is 27.0 Å². The van der Waals surface area contributed by atoms with E-state index in [1.54, 1.807) is 11.6 Å². The molecule has 0 aromatic carbocycles. The maximum atomic E-state index is 12.4. The number of aryl methyl sites for hydroxylation is 1. The maximum absolute atomic E-state index is 12.4. The van der Waals surface area contributed by atoms with E-state index in [2.05, 4.69) is 20.4 Å². The SMILES string of the molecule is CCOC(=O)c1cc(S(=O)(=O)NC(=O)Nc2nc(OC)cc(OC)n2)n(C)n1. The van der Waals surface area contributed by atoms with Crippen LogP contribution in [0.3, 0.4) is 0 Å². The molecule has 28 heavy (non-hydrogen) atoms. The molecule has 2 heterocycles. The molecule has 0 saturated carbocycles. The lowest BCUT2D eigenvalue weighted by Gasteiger charge is -2.09. The second kappa shape index (κ2) is 8.51. The number of carbonyl (C=O) groups excluding carboxylic acids is 2. The van der Waals surface area contributed by atoms with Crippen LogP contribution < -0.4 is 19.5 Å². The Kier molecular flexibility index (Phi) is 6.35. The summed E-state index contributed by atoms with van der Waals surface area (Å²) in [5, 5.41) is 5.50. The van der Waals surface area contributed by atoms with Gasteiger partial charge in [0.25, 0.3) is 10.0 Å². The van der Waals surface area contributed by atoms with E-state index in [1.807, 2.05) is 0 Å². The summed E-state index contributed by atoms with van der Waals surface area (Å²) in [6.07, 6.45) is 0. The maximum Gasteiger partial charge on any atom is 0.358 e. The van der Waals surface area contributed by atoms with Gasteiger partial charge in [0.2, 0.25) is 17.7 Å². The number of esters is 1. The molecule has 0 radical (unpaired) electrons. The standard InChI is InChI=1S/C14H18N6O7S/c1-5-27-12(21)8-6-11(20(2)18-8)28(23,24)19-14(22)17-13-15-9(25-3)7-10(16-13)26-4/h6-7H,5H2,1-4H3,(H2,15,16,17,19,22). The summed E-state index contributed by atoms with van der Waals surface area (Å²) in [6.45, 7) is 1.70. The lowest BCUT2D eigenvalue weighted by Crippen LogP contribution is -2.35. The Morgan fingerprint density at radius 1 is 1.14 bits per heavy atom. The van der Waals surface area contributed by atoms with E-state index in [0.29, 0.717) is 0 Å². The number of nitrogens with zero attached hydrogens (tertiary/aromatic N) is 4. The van der Waals surface area contributed by atoms with Crippen molar-refractivity contribution in [3.8, 4) is 11.8 Å². The first kappa shape index (κ1) is 20.9. The number of sulfonamides is 1. The first-order valence-corrected chi connectivity index (χ1v) is 9.20. The van der Waals surface area contributed by atoms with Gasteiger partial charge in [-0.1, -0.05) is 0 Å². The Morgan fingerprint density at radius 3 is 2.29 bits per heavy atom. The minimum Gasteiger partial charge on any atom is -0.481 e. The molecule has 0 aliphatic heterocycles. The zero-order chi connectivity index (χ0) is 20.9. The number of amides is 2. The number of ether oxygens (including phenoxy) is 3. The van der Waals surface area contributed by atoms with Crippen LogP contribution in [0.5, 0.6) is 11.8 Å². The van der Waals surface area contributed by atoms with Gasteiger partial charge in [-0.25, -0.2) is 14.3 Å². The Balaban J connectivity index is 2.18. The fourth-order valence-corrected chi connectivity index (χ4v) is 3.03. The van der Waals surface area contributed by atoms with Gasteiger partial charge in [-0.3, -0.25) is 10.00 Å². The summed E-state index contributed by atoms with van der Waals surface area (Å²) in [7, 11) is -0.366. The predicted octanol–water partition coefficient (Wildman–Crippen LogP) is -0.0856. The molecule has 0 bridgehead atoms. The smallest absolute Gasteiger partial charge is 0.358 e. The van der Waals surface area contributed by atoms with Crippen molar-refractivity contribution >= 4 is 28.0 Å². The van der Waals surface area contributed by atoms with Gasteiger partial charge < -0.3 is 14.2 Å². The van der Waals surface area contributed by atoms with E-state index in [4.69, 9.17) is 14.2 Å². The fraction of sp³-hybridized carbons (Fsp3) is 0.357. The number of aromatic nitrogens is 4. The Labute approximate surface area is 160 Å². The lowest BCUT2D eigenvalue weighted by molar-refractivity contribution is 0.0518. The van der Waals surface area contributed by atoms with Crippen molar-refractivity contribution in [2.24, 2.45) is 7.05 Å². The normalized spacial score (nSPS) is 10.9. The molecule has 0 aliphatic rings. The third-order valence-corrected chi connectivity index (χ3v) is 4.53. The van der Waals surface area contributed by atoms with Crippen molar-refractivity contribution in [1.82, 2.24) is 24.5 Å². The molecule has 2 aromatic heterocycles. The molecular weight excluding hydrogens is 396 g/mol. The van der Waals surface area contributed by atoms with Gasteiger partial charge in [0.05, 0.1) is 26.9 Å². The first-order valence-electron chi connectivity index (χ1n) is 7.72. The molecule has 0 saturated heterocycles. The summed E-state index contributed by atoms with van der Waals surface area (Å²) in [6, 6.07) is 1.21. The minimum absolute atomic E-state index is 0.0933. The molecule has 0 atom stereocenters. The zero-order valence-electron chi connectivity index (χ0n) is 15.4. The molecule has 14 heteroatoms. The van der Waals surface area contributed by atoms with Crippen LogP contribution in [0.1, 0.15) is 17.4 Å². The average Bonchev–Trinajstić information content (AvgIpc) is 3.03. The summed E-state index contributed by atoms with van der Waals surface area (Å²) >= 11 is 0. The van der Waals surface area contributed by atoms with Gasteiger partial charge in [0, 0.05) is 13.1 Å². The van der Waals surface area contributed by atoms with Crippen LogP contribution in [-0.2, 0) is 21.8 Å². The topological polar surface area (TPSA) is 164 Å². The van der Waals surface area contributed by atoms with Crippen LogP contribution in [-0.4, -0.2) is 61.0 Å². The summed E-state index contributed by atoms with van der Waals surface area (Å²) < 4.78 is 42.2. The number of hydrogen-bond donors (Lipinski definition) is 2. The van der Waals surface area contributed by atoms with Crippen LogP contribution in [0.4, 0.5) is 10.7 Å². The number of nitrogens with one attached hydrogen (secondary N) is 2. The molecule has 2 N–H and O–H groups in total. The van der Waals surface area contributed by atoms with Gasteiger partial charge in [-0.2, -0.15) is 23.5 Å². The highest BCUT2D eigenvalue weighted by Crippen LogP contribution is 2.17. The molecule has 152 valence electrons. The number of rotatable bonds is 7. The van der Waals surface area contributed by atoms with Crippen LogP contribution in [0.2, 0.25) is 0 Å². The van der Waals surface area contributed by atoms with Crippen LogP contribution in [0.15, 0.2) is 17.2 Å². The third kappa shape index (κ3) is 4.85. The van der Waals surface area contributed by atoms with Gasteiger partial charge in [0.15, 0.2) is 10.7 Å². The van der Waals surface area contributed by atoms with Crippen LogP contribution >= 0.6 is 0 Å². The summed E-state index contributed by atoms with van der Waals surface area (Å²) in [5.41, 5.74) is -0.217. The molecule has 0 fully saturated rings. The molecule has 13 nitrogen and oxygen atoms in total. The second-order valence-corrected chi connectivity index (χ2v) is 6.68. The van der Waals surface area contributed by atoms with E-state index in [0.717, 1.165) is 10.7 Å². The van der Waals surface area contributed by atoms with Gasteiger partial charge >= 0.3 is 12.0 Å². The second-order valence-electron chi connectivity index (χ2n) is 5.05. The van der Waals surface area contributed by atoms with Crippen molar-refractivity contribution in [3.05, 3.63) is 17.8 Å². The average molecular weight is 414 g/mol. The Bertz CT molecular complexity index is 966. The Hall–Kier alpha value is -3.42. The molecule has 2 rings (SSSR count). The summed E-state index contributed by atoms with van der Waals surface area (Å²) in [5.74, 6) is -0.853. The first-order chi connectivity index (χ1) is 13.2. The Morgan fingerprint density at radius 2 is 1.75 bits per heavy atom. The van der Waals surface area contributed by atoms with E-state index in [-0.39, 0.29) is 30.0 Å². The van der Waals surface area contributed by atoms with E-state index in [1.165, 1.54) is 27.3 Å². The van der Waals surface area contributed by atoms with Crippen LogP contribution in [0.25, 0.3) is 0 Å². The monoisotopic (exact) mass is 414 g/mol. The van der Waals surface area contributed by atoms with Crippen molar-refractivity contribution in [3.63, 3.8) is 0 Å². The largest absolute Gasteiger partial charge is 0.481 e. The van der Waals surface area contributed by atoms with Gasteiger partial charge in [-0.05, 0) is 6.92 Å². The van der Waals surface area contributed by atoms with E-state index in [9.17, 15) is 18.0 Å². The van der Waals surface area contributed by atoms with Gasteiger partial charge in [-0.15, -0.1) is 0 Å². The zero-order valence-corrected chi connectivity index (χ0v) is 16.2. The molecule has 0 unspecified atom stereocenters. The van der Waals surface area contributed by atoms with Gasteiger partial charge in [0.1, 0.15) is 0 Å². The highest BCUT2D eigenvalue weighted by molar-refractivity contribution is 7.90. The predicted molar refractivity (Wildman–Crippen MR) is 93.6 cm³/mol. The highest BCUT2D eigenvalue weighted by Gasteiger charge is 2.25. The molecule has 2 aromatic rings. The minimum atomic E-state index is -4.36. The molecule has 0 spiro atoms. The molecule has 0 aliphatic carbocycles. The molecule has 2 amide bonds. The fourth-order valence-electron chi connectivity index (χ4n) is 1.98. The van der Waals surface area contributed by atoms with Crippen molar-refractivity contribution in [2.75, 3.05) is 26.1 Å². The number of hydrogen-bond acceptors (Lipinski definition) is 10. The number of anilines is 1. The third-order valence-electron chi connectivity index (χ3n) is 3.15. The van der Waals surface area contributed by atoms with E-state index >= 15 is 0 Å².